The number of nitrogens with one attached hydrogen (secondary N) is 1. The van der Waals surface area contributed by atoms with Gasteiger partial charge in [0.05, 0.1) is 0 Å². The average Bonchev–Trinajstić information content (AvgIpc) is 2.21. The first-order valence-corrected chi connectivity index (χ1v) is 5.56. The fourth-order valence-electron chi connectivity index (χ4n) is 1.37. The smallest absolute Gasteiger partial charge is 0.245 e. The molecular weight excluding hydrogens is 258 g/mol. The molecule has 0 saturated heterocycles. The van der Waals surface area contributed by atoms with E-state index < -0.39 is 6.61 Å². The van der Waals surface area contributed by atoms with Gasteiger partial charge in [-0.1, -0.05) is 34.1 Å². The Balaban J connectivity index is 2.55. The third-order valence-electron chi connectivity index (χ3n) is 2.03. The van der Waals surface area contributed by atoms with Gasteiger partial charge in [-0.3, -0.25) is 4.79 Å². The number of rotatable bonds is 4. The van der Waals surface area contributed by atoms with Gasteiger partial charge in [0.2, 0.25) is 5.91 Å². The van der Waals surface area contributed by atoms with Crippen molar-refractivity contribution in [2.24, 2.45) is 0 Å². The van der Waals surface area contributed by atoms with Crippen LogP contribution in [0, 0.1) is 0 Å². The highest BCUT2D eigenvalue weighted by Crippen LogP contribution is 2.17. The van der Waals surface area contributed by atoms with Crippen molar-refractivity contribution in [1.82, 2.24) is 5.32 Å². The Morgan fingerprint density at radius 3 is 2.80 bits per heavy atom. The molecule has 0 fully saturated rings. The zero-order valence-electron chi connectivity index (χ0n) is 8.53. The lowest BCUT2D eigenvalue weighted by Crippen LogP contribution is -2.35. The predicted octanol–water partition coefficient (Wildman–Crippen LogP) is 1.49. The van der Waals surface area contributed by atoms with Gasteiger partial charge in [0, 0.05) is 10.5 Å². The number of halogens is 1. The summed E-state index contributed by atoms with van der Waals surface area (Å²) in [4.78, 5) is 10.9. The summed E-state index contributed by atoms with van der Waals surface area (Å²) in [5, 5.41) is 11.3. The first-order valence-electron chi connectivity index (χ1n) is 4.77. The molecule has 0 bridgehead atoms. The van der Waals surface area contributed by atoms with E-state index in [1.54, 1.807) is 0 Å². The molecule has 15 heavy (non-hydrogen) atoms. The summed E-state index contributed by atoms with van der Waals surface area (Å²) in [6.07, 6.45) is 0.743. The topological polar surface area (TPSA) is 49.3 Å². The maximum atomic E-state index is 10.9. The van der Waals surface area contributed by atoms with Crippen LogP contribution in [-0.2, 0) is 11.2 Å². The minimum Gasteiger partial charge on any atom is -0.387 e. The molecule has 0 spiro atoms. The van der Waals surface area contributed by atoms with Crippen LogP contribution in [0.3, 0.4) is 0 Å². The van der Waals surface area contributed by atoms with Crippen LogP contribution < -0.4 is 5.32 Å². The van der Waals surface area contributed by atoms with Crippen molar-refractivity contribution in [3.8, 4) is 0 Å². The lowest BCUT2D eigenvalue weighted by atomic mass is 10.1. The largest absolute Gasteiger partial charge is 0.387 e. The van der Waals surface area contributed by atoms with Gasteiger partial charge < -0.3 is 10.4 Å². The van der Waals surface area contributed by atoms with Crippen LogP contribution in [-0.4, -0.2) is 23.7 Å². The second-order valence-electron chi connectivity index (χ2n) is 3.42. The molecule has 1 aromatic rings. The number of carbonyl (C=O) groups is 1. The third-order valence-corrected chi connectivity index (χ3v) is 2.81. The number of aliphatic hydroxyl groups excluding tert-OH is 1. The van der Waals surface area contributed by atoms with E-state index in [1.165, 1.54) is 0 Å². The highest BCUT2D eigenvalue weighted by Gasteiger charge is 2.08. The minimum atomic E-state index is -0.458. The average molecular weight is 272 g/mol. The zero-order chi connectivity index (χ0) is 11.3. The fraction of sp³-hybridized carbons (Fsp3) is 0.364. The van der Waals surface area contributed by atoms with Crippen molar-refractivity contribution in [3.63, 3.8) is 0 Å². The molecule has 4 heteroatoms. The summed E-state index contributed by atoms with van der Waals surface area (Å²) in [5.74, 6) is -0.338. The summed E-state index contributed by atoms with van der Waals surface area (Å²) < 4.78 is 1.04. The van der Waals surface area contributed by atoms with Crippen LogP contribution in [0.5, 0.6) is 0 Å². The van der Waals surface area contributed by atoms with E-state index in [1.807, 2.05) is 31.2 Å². The summed E-state index contributed by atoms with van der Waals surface area (Å²) in [6, 6.07) is 7.90. The molecule has 1 rings (SSSR count). The van der Waals surface area contributed by atoms with E-state index in [9.17, 15) is 4.79 Å². The maximum absolute atomic E-state index is 10.9. The molecule has 1 unspecified atom stereocenters. The summed E-state index contributed by atoms with van der Waals surface area (Å²) in [5.41, 5.74) is 1.14. The fourth-order valence-corrected chi connectivity index (χ4v) is 1.81. The first kappa shape index (κ1) is 12.2. The number of hydrogen-bond acceptors (Lipinski definition) is 2. The van der Waals surface area contributed by atoms with Crippen LogP contribution in [0.15, 0.2) is 28.7 Å². The van der Waals surface area contributed by atoms with Crippen LogP contribution >= 0.6 is 15.9 Å². The number of hydrogen-bond donors (Lipinski definition) is 2. The highest BCUT2D eigenvalue weighted by molar-refractivity contribution is 9.10. The third kappa shape index (κ3) is 4.01. The number of carbonyl (C=O) groups excluding carboxylic acids is 1. The molecule has 3 nitrogen and oxygen atoms in total. The van der Waals surface area contributed by atoms with Gasteiger partial charge in [0.15, 0.2) is 0 Å². The molecule has 0 heterocycles. The SMILES string of the molecule is CC(Cc1ccccc1Br)NC(=O)CO. The van der Waals surface area contributed by atoms with Crippen molar-refractivity contribution in [2.75, 3.05) is 6.61 Å². The lowest BCUT2D eigenvalue weighted by Gasteiger charge is -2.13. The van der Waals surface area contributed by atoms with Crippen LogP contribution in [0.2, 0.25) is 0 Å². The Bertz CT molecular complexity index is 341. The molecule has 0 radical (unpaired) electrons. The molecule has 0 aromatic heterocycles. The standard InChI is InChI=1S/C11H14BrNO2/c1-8(13-11(15)7-14)6-9-4-2-3-5-10(9)12/h2-5,8,14H,6-7H2,1H3,(H,13,15). The molecule has 0 saturated carbocycles. The van der Waals surface area contributed by atoms with E-state index in [4.69, 9.17) is 5.11 Å². The molecular formula is C11H14BrNO2. The normalized spacial score (nSPS) is 12.2. The van der Waals surface area contributed by atoms with Crippen molar-refractivity contribution < 1.29 is 9.90 Å². The van der Waals surface area contributed by atoms with Gasteiger partial charge in [-0.25, -0.2) is 0 Å². The van der Waals surface area contributed by atoms with Crippen LogP contribution in [0.1, 0.15) is 12.5 Å². The Labute approximate surface area is 97.6 Å². The lowest BCUT2D eigenvalue weighted by molar-refractivity contribution is -0.124. The summed E-state index contributed by atoms with van der Waals surface area (Å²) in [6.45, 7) is 1.45. The van der Waals surface area contributed by atoms with Crippen molar-refractivity contribution in [1.29, 1.82) is 0 Å². The molecule has 82 valence electrons. The minimum absolute atomic E-state index is 0.0170. The van der Waals surface area contributed by atoms with Gasteiger partial charge >= 0.3 is 0 Å². The van der Waals surface area contributed by atoms with E-state index in [-0.39, 0.29) is 11.9 Å². The molecule has 0 aliphatic heterocycles. The van der Waals surface area contributed by atoms with Crippen molar-refractivity contribution >= 4 is 21.8 Å². The maximum Gasteiger partial charge on any atom is 0.245 e. The first-order chi connectivity index (χ1) is 7.13. The number of benzene rings is 1. The Kier molecular flexibility index (Phi) is 4.78. The molecule has 0 aliphatic carbocycles. The van der Waals surface area contributed by atoms with Crippen molar-refractivity contribution in [3.05, 3.63) is 34.3 Å². The second kappa shape index (κ2) is 5.88. The van der Waals surface area contributed by atoms with Gasteiger partial charge in [-0.2, -0.15) is 0 Å². The Morgan fingerprint density at radius 1 is 1.53 bits per heavy atom. The van der Waals surface area contributed by atoms with Crippen molar-refractivity contribution in [2.45, 2.75) is 19.4 Å². The molecule has 0 aliphatic rings. The second-order valence-corrected chi connectivity index (χ2v) is 4.28. The molecule has 1 atom stereocenters. The summed E-state index contributed by atoms with van der Waals surface area (Å²) >= 11 is 3.45. The quantitative estimate of drug-likeness (QED) is 0.872. The van der Waals surface area contributed by atoms with Crippen LogP contribution in [0.4, 0.5) is 0 Å². The van der Waals surface area contributed by atoms with E-state index in [0.717, 1.165) is 16.5 Å². The predicted molar refractivity (Wildman–Crippen MR) is 62.5 cm³/mol. The van der Waals surface area contributed by atoms with E-state index >= 15 is 0 Å². The highest BCUT2D eigenvalue weighted by atomic mass is 79.9. The number of aliphatic hydroxyl groups is 1. The Hall–Kier alpha value is -0.870. The zero-order valence-corrected chi connectivity index (χ0v) is 10.1. The molecule has 2 N–H and O–H groups in total. The van der Waals surface area contributed by atoms with E-state index in [0.29, 0.717) is 0 Å². The number of amides is 1. The monoisotopic (exact) mass is 271 g/mol. The molecule has 1 aromatic carbocycles. The van der Waals surface area contributed by atoms with Gasteiger partial charge in [-0.05, 0) is 25.0 Å². The van der Waals surface area contributed by atoms with Crippen LogP contribution in [0.25, 0.3) is 0 Å². The van der Waals surface area contributed by atoms with Gasteiger partial charge in [0.25, 0.3) is 0 Å². The summed E-state index contributed by atoms with van der Waals surface area (Å²) in [7, 11) is 0. The molecule has 1 amide bonds. The van der Waals surface area contributed by atoms with E-state index in [2.05, 4.69) is 21.2 Å². The van der Waals surface area contributed by atoms with Gasteiger partial charge in [-0.15, -0.1) is 0 Å². The van der Waals surface area contributed by atoms with Gasteiger partial charge in [0.1, 0.15) is 6.61 Å². The Morgan fingerprint density at radius 2 is 2.20 bits per heavy atom.